The summed E-state index contributed by atoms with van der Waals surface area (Å²) in [5.74, 6) is -1.54. The van der Waals surface area contributed by atoms with Crippen LogP contribution in [0.3, 0.4) is 0 Å². The predicted octanol–water partition coefficient (Wildman–Crippen LogP) is 2.30. The number of nitrogens with one attached hydrogen (secondary N) is 1. The molecular weight excluding hydrogens is 258 g/mol. The van der Waals surface area contributed by atoms with Gasteiger partial charge in [-0.25, -0.2) is 0 Å². The molecule has 1 atom stereocenters. The molecule has 0 aliphatic heterocycles. The van der Waals surface area contributed by atoms with E-state index in [-0.39, 0.29) is 6.42 Å². The number of aromatic amines is 1. The molecule has 0 aliphatic carbocycles. The second kappa shape index (κ2) is 5.77. The molecule has 0 saturated carbocycles. The van der Waals surface area contributed by atoms with Crippen LogP contribution in [-0.4, -0.2) is 31.1 Å². The van der Waals surface area contributed by atoms with Gasteiger partial charge in [0.1, 0.15) is 0 Å². The maximum absolute atomic E-state index is 12.0. The lowest BCUT2D eigenvalue weighted by molar-refractivity contribution is -0.149. The van der Waals surface area contributed by atoms with Crippen LogP contribution in [0.25, 0.3) is 10.9 Å². The topological polar surface area (TPSA) is 68.4 Å². The van der Waals surface area contributed by atoms with Crippen molar-refractivity contribution < 1.29 is 19.1 Å². The van der Waals surface area contributed by atoms with Crippen molar-refractivity contribution in [1.82, 2.24) is 4.98 Å². The minimum Gasteiger partial charge on any atom is -0.469 e. The molecular formula is C15H17NO4. The van der Waals surface area contributed by atoms with Crippen LogP contribution in [0.15, 0.2) is 24.3 Å². The molecule has 20 heavy (non-hydrogen) atoms. The molecule has 0 fully saturated rings. The van der Waals surface area contributed by atoms with E-state index in [9.17, 15) is 9.59 Å². The molecule has 0 aliphatic rings. The molecule has 5 heteroatoms. The van der Waals surface area contributed by atoms with Crippen LogP contribution in [0.5, 0.6) is 0 Å². The summed E-state index contributed by atoms with van der Waals surface area (Å²) in [5, 5.41) is 0.921. The lowest BCUT2D eigenvalue weighted by atomic mass is 9.93. The van der Waals surface area contributed by atoms with Crippen molar-refractivity contribution >= 4 is 22.8 Å². The summed E-state index contributed by atoms with van der Waals surface area (Å²) in [7, 11) is 2.62. The molecule has 0 saturated heterocycles. The fourth-order valence-corrected chi connectivity index (χ4v) is 2.44. The molecule has 1 heterocycles. The summed E-state index contributed by atoms with van der Waals surface area (Å²) in [6.07, 6.45) is -0.0359. The second-order valence-corrected chi connectivity index (χ2v) is 4.57. The molecule has 5 nitrogen and oxygen atoms in total. The van der Waals surface area contributed by atoms with E-state index in [4.69, 9.17) is 4.74 Å². The Bertz CT molecular complexity index is 644. The number of para-hydroxylation sites is 1. The summed E-state index contributed by atoms with van der Waals surface area (Å²) in [4.78, 5) is 26.8. The van der Waals surface area contributed by atoms with Crippen molar-refractivity contribution in [2.24, 2.45) is 0 Å². The number of fused-ring (bicyclic) bond motifs is 1. The highest BCUT2D eigenvalue weighted by molar-refractivity contribution is 5.93. The highest BCUT2D eigenvalue weighted by Gasteiger charge is 2.29. The van der Waals surface area contributed by atoms with E-state index >= 15 is 0 Å². The molecule has 0 radical (unpaired) electrons. The molecule has 0 spiro atoms. The van der Waals surface area contributed by atoms with Gasteiger partial charge in [-0.15, -0.1) is 0 Å². The lowest BCUT2D eigenvalue weighted by Gasteiger charge is -2.14. The maximum atomic E-state index is 12.0. The smallest absolute Gasteiger partial charge is 0.313 e. The fourth-order valence-electron chi connectivity index (χ4n) is 2.44. The molecule has 2 aromatic rings. The third-order valence-electron chi connectivity index (χ3n) is 3.38. The Balaban J connectivity index is 2.53. The predicted molar refractivity (Wildman–Crippen MR) is 74.4 cm³/mol. The minimum atomic E-state index is -0.663. The average molecular weight is 275 g/mol. The van der Waals surface area contributed by atoms with Gasteiger partial charge in [-0.05, 0) is 18.6 Å². The maximum Gasteiger partial charge on any atom is 0.313 e. The molecule has 1 unspecified atom stereocenters. The van der Waals surface area contributed by atoms with Crippen molar-refractivity contribution in [3.8, 4) is 0 Å². The van der Waals surface area contributed by atoms with E-state index < -0.39 is 17.9 Å². The first kappa shape index (κ1) is 14.1. The van der Waals surface area contributed by atoms with Crippen molar-refractivity contribution in [3.63, 3.8) is 0 Å². The number of aromatic nitrogens is 1. The Morgan fingerprint density at radius 1 is 1.20 bits per heavy atom. The zero-order valence-electron chi connectivity index (χ0n) is 11.7. The highest BCUT2D eigenvalue weighted by atomic mass is 16.5. The number of benzene rings is 1. The van der Waals surface area contributed by atoms with Gasteiger partial charge in [0, 0.05) is 16.6 Å². The first-order valence-corrected chi connectivity index (χ1v) is 6.30. The number of hydrogen-bond donors (Lipinski definition) is 1. The van der Waals surface area contributed by atoms with E-state index in [1.54, 1.807) is 0 Å². The summed E-state index contributed by atoms with van der Waals surface area (Å²) in [6.45, 7) is 1.88. The lowest BCUT2D eigenvalue weighted by Crippen LogP contribution is -2.19. The molecule has 2 rings (SSSR count). The van der Waals surface area contributed by atoms with Crippen LogP contribution in [0.1, 0.15) is 23.6 Å². The standard InChI is InChI=1S/C15H17NO4/c1-9-14(10-6-4-5-7-12(10)16-9)11(15(18)20-3)8-13(17)19-2/h4-7,11,16H,8H2,1-3H3. The van der Waals surface area contributed by atoms with E-state index in [2.05, 4.69) is 9.72 Å². The highest BCUT2D eigenvalue weighted by Crippen LogP contribution is 2.32. The van der Waals surface area contributed by atoms with Crippen LogP contribution in [0, 0.1) is 6.92 Å². The van der Waals surface area contributed by atoms with Crippen LogP contribution in [-0.2, 0) is 19.1 Å². The number of esters is 2. The summed E-state index contributed by atoms with van der Waals surface area (Å²) >= 11 is 0. The van der Waals surface area contributed by atoms with Gasteiger partial charge in [-0.2, -0.15) is 0 Å². The Kier molecular flexibility index (Phi) is 4.08. The van der Waals surface area contributed by atoms with E-state index in [0.717, 1.165) is 22.2 Å². The monoisotopic (exact) mass is 275 g/mol. The van der Waals surface area contributed by atoms with Gasteiger partial charge in [0.05, 0.1) is 26.6 Å². The SMILES string of the molecule is COC(=O)CC(C(=O)OC)c1c(C)[nH]c2ccccc12. The van der Waals surface area contributed by atoms with E-state index in [1.807, 2.05) is 31.2 Å². The Labute approximate surface area is 116 Å². The number of carbonyl (C=O) groups is 2. The largest absolute Gasteiger partial charge is 0.469 e. The second-order valence-electron chi connectivity index (χ2n) is 4.57. The number of ether oxygens (including phenoxy) is 2. The van der Waals surface area contributed by atoms with Crippen LogP contribution >= 0.6 is 0 Å². The van der Waals surface area contributed by atoms with Gasteiger partial charge in [-0.1, -0.05) is 18.2 Å². The Morgan fingerprint density at radius 3 is 2.55 bits per heavy atom. The zero-order chi connectivity index (χ0) is 14.7. The van der Waals surface area contributed by atoms with Gasteiger partial charge >= 0.3 is 11.9 Å². The van der Waals surface area contributed by atoms with E-state index in [1.165, 1.54) is 14.2 Å². The normalized spacial score (nSPS) is 12.2. The number of methoxy groups -OCH3 is 2. The third kappa shape index (κ3) is 2.52. The number of rotatable bonds is 4. The summed E-state index contributed by atoms with van der Waals surface area (Å²) in [5.41, 5.74) is 2.57. The van der Waals surface area contributed by atoms with Crippen LogP contribution < -0.4 is 0 Å². The first-order chi connectivity index (χ1) is 9.58. The van der Waals surface area contributed by atoms with Gasteiger partial charge in [-0.3, -0.25) is 9.59 Å². The van der Waals surface area contributed by atoms with Gasteiger partial charge in [0.25, 0.3) is 0 Å². The minimum absolute atomic E-state index is 0.0359. The van der Waals surface area contributed by atoms with Gasteiger partial charge < -0.3 is 14.5 Å². The third-order valence-corrected chi connectivity index (χ3v) is 3.38. The fraction of sp³-hybridized carbons (Fsp3) is 0.333. The summed E-state index contributed by atoms with van der Waals surface area (Å²) < 4.78 is 9.49. The number of aryl methyl sites for hydroxylation is 1. The van der Waals surface area contributed by atoms with Gasteiger partial charge in [0.15, 0.2) is 0 Å². The quantitative estimate of drug-likeness (QED) is 0.869. The molecule has 0 amide bonds. The van der Waals surface area contributed by atoms with Gasteiger partial charge in [0.2, 0.25) is 0 Å². The van der Waals surface area contributed by atoms with Crippen molar-refractivity contribution in [2.45, 2.75) is 19.3 Å². The zero-order valence-corrected chi connectivity index (χ0v) is 11.7. The number of carbonyl (C=O) groups excluding carboxylic acids is 2. The number of H-pyrrole nitrogens is 1. The van der Waals surface area contributed by atoms with Crippen LogP contribution in [0.2, 0.25) is 0 Å². The molecule has 1 aromatic carbocycles. The molecule has 1 N–H and O–H groups in total. The molecule has 0 bridgehead atoms. The van der Waals surface area contributed by atoms with Crippen LogP contribution in [0.4, 0.5) is 0 Å². The van der Waals surface area contributed by atoms with E-state index in [0.29, 0.717) is 0 Å². The molecule has 1 aromatic heterocycles. The van der Waals surface area contributed by atoms with Crippen molar-refractivity contribution in [3.05, 3.63) is 35.5 Å². The van der Waals surface area contributed by atoms with Crippen molar-refractivity contribution in [1.29, 1.82) is 0 Å². The summed E-state index contributed by atoms with van der Waals surface area (Å²) in [6, 6.07) is 7.65. The molecule has 106 valence electrons. The number of hydrogen-bond acceptors (Lipinski definition) is 4. The Morgan fingerprint density at radius 2 is 1.90 bits per heavy atom. The van der Waals surface area contributed by atoms with Crippen molar-refractivity contribution in [2.75, 3.05) is 14.2 Å². The average Bonchev–Trinajstić information content (AvgIpc) is 2.79. The first-order valence-electron chi connectivity index (χ1n) is 6.30. The Hall–Kier alpha value is -2.30.